The Labute approximate surface area is 126 Å². The van der Waals surface area contributed by atoms with Gasteiger partial charge in [-0.25, -0.2) is 4.98 Å². The van der Waals surface area contributed by atoms with Crippen LogP contribution in [0.2, 0.25) is 0 Å². The van der Waals surface area contributed by atoms with E-state index in [9.17, 15) is 4.79 Å². The van der Waals surface area contributed by atoms with Gasteiger partial charge < -0.3 is 19.7 Å². The topological polar surface area (TPSA) is 63.7 Å². The van der Waals surface area contributed by atoms with E-state index >= 15 is 0 Å². The van der Waals surface area contributed by atoms with Gasteiger partial charge in [-0.15, -0.1) is 11.3 Å². The highest BCUT2D eigenvalue weighted by Crippen LogP contribution is 2.37. The number of thiazole rings is 1. The first-order valence-corrected chi connectivity index (χ1v) is 7.58. The lowest BCUT2D eigenvalue weighted by Gasteiger charge is -2.29. The van der Waals surface area contributed by atoms with Gasteiger partial charge in [-0.2, -0.15) is 0 Å². The molecule has 1 N–H and O–H groups in total. The van der Waals surface area contributed by atoms with Gasteiger partial charge in [0.25, 0.3) is 5.91 Å². The number of nitrogens with one attached hydrogen (secondary N) is 1. The summed E-state index contributed by atoms with van der Waals surface area (Å²) in [5, 5.41) is 3.06. The molecule has 2 heterocycles. The highest BCUT2D eigenvalue weighted by atomic mass is 32.1. The summed E-state index contributed by atoms with van der Waals surface area (Å²) in [5.41, 5.74) is 1.83. The van der Waals surface area contributed by atoms with Crippen molar-refractivity contribution >= 4 is 33.1 Å². The van der Waals surface area contributed by atoms with Crippen LogP contribution in [-0.4, -0.2) is 51.4 Å². The minimum Gasteiger partial charge on any atom is -0.494 e. The molecule has 6 nitrogen and oxygen atoms in total. The number of aromatic nitrogens is 1. The molecule has 1 saturated heterocycles. The third kappa shape index (κ3) is 2.54. The molecule has 21 heavy (non-hydrogen) atoms. The minimum atomic E-state index is -0.175. The number of hydrogen-bond acceptors (Lipinski definition) is 6. The number of fused-ring (bicyclic) bond motifs is 1. The van der Waals surface area contributed by atoms with Gasteiger partial charge in [-0.1, -0.05) is 0 Å². The van der Waals surface area contributed by atoms with Crippen molar-refractivity contribution in [1.29, 1.82) is 0 Å². The summed E-state index contributed by atoms with van der Waals surface area (Å²) < 4.78 is 11.7. The first kappa shape index (κ1) is 14.1. The van der Waals surface area contributed by atoms with Crippen molar-refractivity contribution in [2.75, 3.05) is 45.4 Å². The fraction of sp³-hybridized carbons (Fsp3) is 0.429. The van der Waals surface area contributed by atoms with Crippen molar-refractivity contribution in [2.24, 2.45) is 0 Å². The number of benzene rings is 1. The Bertz CT molecular complexity index is 665. The number of carbonyl (C=O) groups is 1. The molecule has 0 unspecified atom stereocenters. The number of anilines is 1. The SMILES string of the molecule is CNC(=O)c1nc2c(OC)ccc(N3CCOCC3)c2s1. The monoisotopic (exact) mass is 307 g/mol. The van der Waals surface area contributed by atoms with Crippen molar-refractivity contribution in [3.8, 4) is 5.75 Å². The summed E-state index contributed by atoms with van der Waals surface area (Å²) in [7, 11) is 3.22. The van der Waals surface area contributed by atoms with Crippen molar-refractivity contribution in [1.82, 2.24) is 10.3 Å². The lowest BCUT2D eigenvalue weighted by molar-refractivity contribution is 0.0963. The van der Waals surface area contributed by atoms with Crippen LogP contribution in [0.25, 0.3) is 10.2 Å². The molecule has 2 aromatic rings. The number of carbonyl (C=O) groups excluding carboxylic acids is 1. The van der Waals surface area contributed by atoms with Crippen LogP contribution >= 0.6 is 11.3 Å². The van der Waals surface area contributed by atoms with Crippen LogP contribution in [0.5, 0.6) is 5.75 Å². The van der Waals surface area contributed by atoms with Crippen LogP contribution in [0.1, 0.15) is 9.80 Å². The number of methoxy groups -OCH3 is 1. The van der Waals surface area contributed by atoms with Gasteiger partial charge >= 0.3 is 0 Å². The predicted molar refractivity (Wildman–Crippen MR) is 82.6 cm³/mol. The Morgan fingerprint density at radius 3 is 2.86 bits per heavy atom. The molecule has 0 bridgehead atoms. The van der Waals surface area contributed by atoms with Gasteiger partial charge in [0, 0.05) is 20.1 Å². The Morgan fingerprint density at radius 1 is 1.43 bits per heavy atom. The number of morpholine rings is 1. The molecule has 1 fully saturated rings. The van der Waals surface area contributed by atoms with Crippen LogP contribution in [0.3, 0.4) is 0 Å². The molecule has 0 aliphatic carbocycles. The molecule has 0 spiro atoms. The summed E-state index contributed by atoms with van der Waals surface area (Å²) in [6, 6.07) is 3.93. The zero-order chi connectivity index (χ0) is 14.8. The van der Waals surface area contributed by atoms with Crippen molar-refractivity contribution < 1.29 is 14.3 Å². The third-order valence-electron chi connectivity index (χ3n) is 3.48. The lowest BCUT2D eigenvalue weighted by atomic mass is 10.2. The lowest BCUT2D eigenvalue weighted by Crippen LogP contribution is -2.36. The molecule has 1 aromatic carbocycles. The number of rotatable bonds is 3. The number of amides is 1. The quantitative estimate of drug-likeness (QED) is 0.931. The third-order valence-corrected chi connectivity index (χ3v) is 4.56. The zero-order valence-electron chi connectivity index (χ0n) is 12.0. The fourth-order valence-electron chi connectivity index (χ4n) is 2.39. The summed E-state index contributed by atoms with van der Waals surface area (Å²) in [6.45, 7) is 3.12. The Morgan fingerprint density at radius 2 is 2.19 bits per heavy atom. The molecule has 0 radical (unpaired) electrons. The predicted octanol–water partition coefficient (Wildman–Crippen LogP) is 1.50. The van der Waals surface area contributed by atoms with E-state index < -0.39 is 0 Å². The smallest absolute Gasteiger partial charge is 0.280 e. The van der Waals surface area contributed by atoms with Gasteiger partial charge in [0.15, 0.2) is 5.01 Å². The maximum atomic E-state index is 11.8. The van der Waals surface area contributed by atoms with Crippen LogP contribution in [-0.2, 0) is 4.74 Å². The van der Waals surface area contributed by atoms with Crippen LogP contribution in [0.4, 0.5) is 5.69 Å². The Hall–Kier alpha value is -1.86. The largest absolute Gasteiger partial charge is 0.494 e. The first-order valence-electron chi connectivity index (χ1n) is 6.77. The van der Waals surface area contributed by atoms with Gasteiger partial charge in [0.1, 0.15) is 11.3 Å². The molecule has 1 aliphatic rings. The highest BCUT2D eigenvalue weighted by Gasteiger charge is 2.20. The van der Waals surface area contributed by atoms with Crippen molar-refractivity contribution in [3.05, 3.63) is 17.1 Å². The number of nitrogens with zero attached hydrogens (tertiary/aromatic N) is 2. The molecule has 112 valence electrons. The van der Waals surface area contributed by atoms with Crippen LogP contribution in [0, 0.1) is 0 Å². The van der Waals surface area contributed by atoms with E-state index in [1.54, 1.807) is 14.2 Å². The van der Waals surface area contributed by atoms with E-state index in [0.717, 1.165) is 29.0 Å². The number of ether oxygens (including phenoxy) is 2. The fourth-order valence-corrected chi connectivity index (χ4v) is 3.46. The van der Waals surface area contributed by atoms with E-state index in [-0.39, 0.29) is 5.91 Å². The maximum absolute atomic E-state index is 11.8. The second-order valence-corrected chi connectivity index (χ2v) is 5.66. The normalized spacial score (nSPS) is 15.2. The molecule has 7 heteroatoms. The standard InChI is InChI=1S/C14H17N3O3S/c1-15-13(18)14-16-11-10(19-2)4-3-9(12(11)21-14)17-5-7-20-8-6-17/h3-4H,5-8H2,1-2H3,(H,15,18). The molecule has 1 amide bonds. The summed E-state index contributed by atoms with van der Waals surface area (Å²) in [4.78, 5) is 18.5. The second kappa shape index (κ2) is 5.87. The number of hydrogen-bond donors (Lipinski definition) is 1. The van der Waals surface area contributed by atoms with Gasteiger partial charge in [-0.3, -0.25) is 4.79 Å². The molecule has 0 atom stereocenters. The Kier molecular flexibility index (Phi) is 3.94. The average Bonchev–Trinajstić information content (AvgIpc) is 2.99. The average molecular weight is 307 g/mol. The summed E-state index contributed by atoms with van der Waals surface area (Å²) in [6.07, 6.45) is 0. The highest BCUT2D eigenvalue weighted by molar-refractivity contribution is 7.21. The summed E-state index contributed by atoms with van der Waals surface area (Å²) >= 11 is 1.39. The first-order chi connectivity index (χ1) is 10.2. The molecular formula is C14H17N3O3S. The van der Waals surface area contributed by atoms with Gasteiger partial charge in [0.05, 0.1) is 30.7 Å². The zero-order valence-corrected chi connectivity index (χ0v) is 12.8. The molecule has 0 saturated carbocycles. The van der Waals surface area contributed by atoms with E-state index in [4.69, 9.17) is 9.47 Å². The minimum absolute atomic E-state index is 0.175. The van der Waals surface area contributed by atoms with E-state index in [1.165, 1.54) is 11.3 Å². The molecule has 1 aromatic heterocycles. The van der Waals surface area contributed by atoms with Crippen molar-refractivity contribution in [2.45, 2.75) is 0 Å². The van der Waals surface area contributed by atoms with Crippen LogP contribution < -0.4 is 15.0 Å². The van der Waals surface area contributed by atoms with E-state index in [1.807, 2.05) is 12.1 Å². The van der Waals surface area contributed by atoms with Crippen molar-refractivity contribution in [3.63, 3.8) is 0 Å². The molecule has 1 aliphatic heterocycles. The van der Waals surface area contributed by atoms with E-state index in [2.05, 4.69) is 15.2 Å². The van der Waals surface area contributed by atoms with Crippen LogP contribution in [0.15, 0.2) is 12.1 Å². The second-order valence-electron chi connectivity index (χ2n) is 4.66. The van der Waals surface area contributed by atoms with Gasteiger partial charge in [-0.05, 0) is 12.1 Å². The Balaban J connectivity index is 2.12. The molecule has 3 rings (SSSR count). The maximum Gasteiger partial charge on any atom is 0.280 e. The van der Waals surface area contributed by atoms with Gasteiger partial charge in [0.2, 0.25) is 0 Å². The van der Waals surface area contributed by atoms with E-state index in [0.29, 0.717) is 24.0 Å². The summed E-state index contributed by atoms with van der Waals surface area (Å²) in [5.74, 6) is 0.514. The molecular weight excluding hydrogens is 290 g/mol.